The summed E-state index contributed by atoms with van der Waals surface area (Å²) in [6, 6.07) is 0.631. The zero-order valence-electron chi connectivity index (χ0n) is 14.4. The molecule has 4 nitrogen and oxygen atoms in total. The van der Waals surface area contributed by atoms with Crippen LogP contribution in [0.1, 0.15) is 40.5 Å². The molecule has 20 heavy (non-hydrogen) atoms. The van der Waals surface area contributed by atoms with E-state index in [1.54, 1.807) is 0 Å². The summed E-state index contributed by atoms with van der Waals surface area (Å²) in [5.74, 6) is 0.907. The smallest absolute Gasteiger partial charge is 0.191 e. The third-order valence-electron chi connectivity index (χ3n) is 3.57. The summed E-state index contributed by atoms with van der Waals surface area (Å²) in [5.41, 5.74) is 0. The molecule has 0 saturated carbocycles. The number of nitrogens with one attached hydrogen (secondary N) is 2. The Kier molecular flexibility index (Phi) is 10.1. The Bertz CT molecular complexity index is 277. The van der Waals surface area contributed by atoms with E-state index in [-0.39, 0.29) is 4.75 Å². The number of aliphatic imine (C=N–C) groups is 1. The van der Waals surface area contributed by atoms with Gasteiger partial charge in [0.15, 0.2) is 5.96 Å². The van der Waals surface area contributed by atoms with Crippen molar-refractivity contribution in [3.05, 3.63) is 0 Å². The van der Waals surface area contributed by atoms with E-state index < -0.39 is 0 Å². The second-order valence-corrected chi connectivity index (χ2v) is 7.61. The maximum Gasteiger partial charge on any atom is 0.191 e. The van der Waals surface area contributed by atoms with E-state index in [4.69, 9.17) is 0 Å². The van der Waals surface area contributed by atoms with Gasteiger partial charge in [-0.3, -0.25) is 4.99 Å². The molecule has 0 aliphatic rings. The average Bonchev–Trinajstić information content (AvgIpc) is 2.41. The minimum absolute atomic E-state index is 0.234. The Labute approximate surface area is 130 Å². The number of guanidine groups is 1. The minimum atomic E-state index is 0.234. The van der Waals surface area contributed by atoms with Crippen molar-refractivity contribution in [2.24, 2.45) is 4.99 Å². The second kappa shape index (κ2) is 10.3. The fraction of sp³-hybridized carbons (Fsp3) is 0.933. The highest BCUT2D eigenvalue weighted by molar-refractivity contribution is 7.99. The molecule has 0 spiro atoms. The molecular weight excluding hydrogens is 268 g/mol. The van der Waals surface area contributed by atoms with Gasteiger partial charge in [-0.05, 0) is 60.4 Å². The van der Waals surface area contributed by atoms with Crippen LogP contribution in [0, 0.1) is 0 Å². The standard InChI is InChI=1S/C15H34N4S/c1-13(2)19(6)11-9-8-10-17-14(16-5)18-12-15(3,4)20-7/h13H,8-12H2,1-7H3,(H2,16,17,18). The molecule has 0 aromatic rings. The predicted molar refractivity (Wildman–Crippen MR) is 94.0 cm³/mol. The number of thioether (sulfide) groups is 1. The molecule has 0 aliphatic heterocycles. The molecular formula is C15H34N4S. The van der Waals surface area contributed by atoms with Gasteiger partial charge in [0.1, 0.15) is 0 Å². The van der Waals surface area contributed by atoms with Gasteiger partial charge in [0.25, 0.3) is 0 Å². The van der Waals surface area contributed by atoms with Crippen molar-refractivity contribution >= 4 is 17.7 Å². The van der Waals surface area contributed by atoms with Gasteiger partial charge in [0.2, 0.25) is 0 Å². The first-order valence-electron chi connectivity index (χ1n) is 7.52. The molecule has 0 unspecified atom stereocenters. The zero-order chi connectivity index (χ0) is 15.6. The topological polar surface area (TPSA) is 39.7 Å². The van der Waals surface area contributed by atoms with Crippen LogP contribution >= 0.6 is 11.8 Å². The van der Waals surface area contributed by atoms with E-state index in [0.717, 1.165) is 25.6 Å². The van der Waals surface area contributed by atoms with E-state index in [1.807, 2.05) is 18.8 Å². The molecule has 0 aliphatic carbocycles. The third-order valence-corrected chi connectivity index (χ3v) is 4.82. The van der Waals surface area contributed by atoms with E-state index in [0.29, 0.717) is 6.04 Å². The molecule has 0 bridgehead atoms. The van der Waals surface area contributed by atoms with Gasteiger partial charge < -0.3 is 15.5 Å². The Morgan fingerprint density at radius 3 is 2.40 bits per heavy atom. The molecule has 5 heteroatoms. The van der Waals surface area contributed by atoms with Gasteiger partial charge in [0, 0.05) is 30.9 Å². The Hall–Kier alpha value is -0.420. The lowest BCUT2D eigenvalue weighted by molar-refractivity contribution is 0.268. The number of nitrogens with zero attached hydrogens (tertiary/aromatic N) is 2. The summed E-state index contributed by atoms with van der Waals surface area (Å²) in [6.45, 7) is 12.0. The summed E-state index contributed by atoms with van der Waals surface area (Å²) in [7, 11) is 4.01. The summed E-state index contributed by atoms with van der Waals surface area (Å²) in [5, 5.41) is 6.77. The number of hydrogen-bond donors (Lipinski definition) is 2. The third kappa shape index (κ3) is 9.48. The van der Waals surface area contributed by atoms with Gasteiger partial charge in [-0.25, -0.2) is 0 Å². The monoisotopic (exact) mass is 302 g/mol. The lowest BCUT2D eigenvalue weighted by atomic mass is 10.2. The number of hydrogen-bond acceptors (Lipinski definition) is 3. The van der Waals surface area contributed by atoms with Crippen LogP contribution in [0.5, 0.6) is 0 Å². The van der Waals surface area contributed by atoms with Crippen LogP contribution in [0.2, 0.25) is 0 Å². The molecule has 0 radical (unpaired) electrons. The second-order valence-electron chi connectivity index (χ2n) is 6.10. The molecule has 0 heterocycles. The molecule has 0 amide bonds. The van der Waals surface area contributed by atoms with Gasteiger partial charge in [0.05, 0.1) is 0 Å². The number of rotatable bonds is 9. The van der Waals surface area contributed by atoms with Crippen LogP contribution in [0.4, 0.5) is 0 Å². The average molecular weight is 303 g/mol. The highest BCUT2D eigenvalue weighted by atomic mass is 32.2. The van der Waals surface area contributed by atoms with Crippen LogP contribution in [-0.4, -0.2) is 61.6 Å². The maximum absolute atomic E-state index is 4.26. The van der Waals surface area contributed by atoms with Crippen molar-refractivity contribution in [1.82, 2.24) is 15.5 Å². The van der Waals surface area contributed by atoms with Crippen LogP contribution in [0.15, 0.2) is 4.99 Å². The molecule has 0 saturated heterocycles. The van der Waals surface area contributed by atoms with E-state index >= 15 is 0 Å². The first kappa shape index (κ1) is 19.6. The van der Waals surface area contributed by atoms with Crippen molar-refractivity contribution in [3.63, 3.8) is 0 Å². The Morgan fingerprint density at radius 1 is 1.25 bits per heavy atom. The Balaban J connectivity index is 3.77. The van der Waals surface area contributed by atoms with Gasteiger partial charge in [-0.15, -0.1) is 0 Å². The number of unbranched alkanes of at least 4 members (excludes halogenated alkanes) is 1. The van der Waals surface area contributed by atoms with Crippen molar-refractivity contribution in [1.29, 1.82) is 0 Å². The molecule has 0 aromatic carbocycles. The molecule has 0 atom stereocenters. The minimum Gasteiger partial charge on any atom is -0.356 e. The zero-order valence-corrected chi connectivity index (χ0v) is 15.2. The van der Waals surface area contributed by atoms with Gasteiger partial charge in [-0.2, -0.15) is 11.8 Å². The molecule has 0 fully saturated rings. The van der Waals surface area contributed by atoms with E-state index in [9.17, 15) is 0 Å². The highest BCUT2D eigenvalue weighted by Crippen LogP contribution is 2.19. The van der Waals surface area contributed by atoms with Crippen molar-refractivity contribution < 1.29 is 0 Å². The normalized spacial score (nSPS) is 13.2. The summed E-state index contributed by atoms with van der Waals surface area (Å²) >= 11 is 1.87. The van der Waals surface area contributed by atoms with Gasteiger partial charge >= 0.3 is 0 Å². The molecule has 0 aromatic heterocycles. The summed E-state index contributed by atoms with van der Waals surface area (Å²) < 4.78 is 0.234. The predicted octanol–water partition coefficient (Wildman–Crippen LogP) is 2.41. The van der Waals surface area contributed by atoms with Gasteiger partial charge in [-0.1, -0.05) is 0 Å². The SMILES string of the molecule is CN=C(NCCCCN(C)C(C)C)NCC(C)(C)SC. The quantitative estimate of drug-likeness (QED) is 0.390. The fourth-order valence-electron chi connectivity index (χ4n) is 1.54. The lowest BCUT2D eigenvalue weighted by Crippen LogP contribution is -2.43. The van der Waals surface area contributed by atoms with Crippen LogP contribution < -0.4 is 10.6 Å². The lowest BCUT2D eigenvalue weighted by Gasteiger charge is -2.24. The van der Waals surface area contributed by atoms with E-state index in [1.165, 1.54) is 12.8 Å². The first-order chi connectivity index (χ1) is 9.32. The van der Waals surface area contributed by atoms with Crippen molar-refractivity contribution in [2.75, 3.05) is 40.0 Å². The fourth-order valence-corrected chi connectivity index (χ4v) is 1.76. The largest absolute Gasteiger partial charge is 0.356 e. The van der Waals surface area contributed by atoms with E-state index in [2.05, 4.69) is 61.5 Å². The van der Waals surface area contributed by atoms with Crippen LogP contribution in [0.3, 0.4) is 0 Å². The summed E-state index contributed by atoms with van der Waals surface area (Å²) in [4.78, 5) is 6.64. The maximum atomic E-state index is 4.26. The first-order valence-corrected chi connectivity index (χ1v) is 8.74. The molecule has 120 valence electrons. The summed E-state index contributed by atoms with van der Waals surface area (Å²) in [6.07, 6.45) is 4.53. The highest BCUT2D eigenvalue weighted by Gasteiger charge is 2.15. The van der Waals surface area contributed by atoms with Crippen molar-refractivity contribution in [3.8, 4) is 0 Å². The Morgan fingerprint density at radius 2 is 1.90 bits per heavy atom. The molecule has 0 rings (SSSR count). The van der Waals surface area contributed by atoms with Crippen LogP contribution in [-0.2, 0) is 0 Å². The van der Waals surface area contributed by atoms with Crippen molar-refractivity contribution in [2.45, 2.75) is 51.3 Å². The van der Waals surface area contributed by atoms with Crippen LogP contribution in [0.25, 0.3) is 0 Å². The molecule has 2 N–H and O–H groups in total.